The van der Waals surface area contributed by atoms with Gasteiger partial charge in [0.2, 0.25) is 10.0 Å². The van der Waals surface area contributed by atoms with Crippen LogP contribution in [0.2, 0.25) is 0 Å². The van der Waals surface area contributed by atoms with Crippen molar-refractivity contribution in [3.8, 4) is 0 Å². The van der Waals surface area contributed by atoms with Crippen molar-refractivity contribution in [2.24, 2.45) is 4.99 Å². The van der Waals surface area contributed by atoms with Crippen LogP contribution in [0, 0.1) is 0 Å². The zero-order valence-corrected chi connectivity index (χ0v) is 19.0. The van der Waals surface area contributed by atoms with Gasteiger partial charge in [0.1, 0.15) is 0 Å². The third-order valence-electron chi connectivity index (χ3n) is 4.80. The largest absolute Gasteiger partial charge is 0.357 e. The van der Waals surface area contributed by atoms with Crippen LogP contribution in [0.25, 0.3) is 0 Å². The Morgan fingerprint density at radius 1 is 1.03 bits per heavy atom. The summed E-state index contributed by atoms with van der Waals surface area (Å²) in [5, 5.41) is 6.60. The Bertz CT molecular complexity index is 910. The van der Waals surface area contributed by atoms with Crippen LogP contribution >= 0.6 is 11.8 Å². The number of guanidine groups is 1. The van der Waals surface area contributed by atoms with Gasteiger partial charge in [0, 0.05) is 36.8 Å². The van der Waals surface area contributed by atoms with Crippen molar-refractivity contribution in [1.29, 1.82) is 0 Å². The van der Waals surface area contributed by atoms with Gasteiger partial charge in [-0.25, -0.2) is 13.4 Å². The van der Waals surface area contributed by atoms with Gasteiger partial charge in [-0.1, -0.05) is 30.3 Å². The van der Waals surface area contributed by atoms with E-state index in [1.54, 1.807) is 28.2 Å². The summed E-state index contributed by atoms with van der Waals surface area (Å²) < 4.78 is 26.8. The van der Waals surface area contributed by atoms with E-state index in [0.717, 1.165) is 43.2 Å². The van der Waals surface area contributed by atoms with Crippen LogP contribution in [0.4, 0.5) is 0 Å². The SMILES string of the molecule is CCNC(=NCc1ccc(S(=O)(=O)N2CCCC2)cc1)NCCSc1ccccc1. The predicted octanol–water partition coefficient (Wildman–Crippen LogP) is 3.32. The van der Waals surface area contributed by atoms with Gasteiger partial charge in [0.05, 0.1) is 11.4 Å². The maximum Gasteiger partial charge on any atom is 0.243 e. The molecule has 1 aliphatic heterocycles. The molecule has 1 fully saturated rings. The van der Waals surface area contributed by atoms with E-state index >= 15 is 0 Å². The smallest absolute Gasteiger partial charge is 0.243 e. The Kier molecular flexibility index (Phi) is 8.60. The van der Waals surface area contributed by atoms with Gasteiger partial charge in [-0.05, 0) is 49.6 Å². The predicted molar refractivity (Wildman–Crippen MR) is 124 cm³/mol. The van der Waals surface area contributed by atoms with E-state index in [1.807, 2.05) is 37.3 Å². The number of aliphatic imine (C=N–C) groups is 1. The standard InChI is InChI=1S/C22H30N4O2S2/c1-2-23-22(24-14-17-29-20-8-4-3-5-9-20)25-18-19-10-12-21(13-11-19)30(27,28)26-15-6-7-16-26/h3-5,8-13H,2,6-7,14-18H2,1H3,(H2,23,24,25). The lowest BCUT2D eigenvalue weighted by Crippen LogP contribution is -2.38. The van der Waals surface area contributed by atoms with Gasteiger partial charge >= 0.3 is 0 Å². The van der Waals surface area contributed by atoms with Crippen LogP contribution in [0.1, 0.15) is 25.3 Å². The highest BCUT2D eigenvalue weighted by atomic mass is 32.2. The molecule has 2 N–H and O–H groups in total. The first-order valence-electron chi connectivity index (χ1n) is 10.4. The summed E-state index contributed by atoms with van der Waals surface area (Å²) in [5.74, 6) is 1.71. The fourth-order valence-corrected chi connectivity index (χ4v) is 5.52. The minimum absolute atomic E-state index is 0.361. The molecule has 0 saturated carbocycles. The van der Waals surface area contributed by atoms with Crippen LogP contribution in [0.15, 0.2) is 69.4 Å². The van der Waals surface area contributed by atoms with Crippen molar-refractivity contribution in [3.63, 3.8) is 0 Å². The molecule has 2 aromatic carbocycles. The molecular weight excluding hydrogens is 416 g/mol. The van der Waals surface area contributed by atoms with E-state index in [1.165, 1.54) is 4.90 Å². The third-order valence-corrected chi connectivity index (χ3v) is 7.72. The van der Waals surface area contributed by atoms with Gasteiger partial charge in [-0.15, -0.1) is 11.8 Å². The van der Waals surface area contributed by atoms with Crippen LogP contribution in [-0.4, -0.2) is 50.6 Å². The zero-order valence-electron chi connectivity index (χ0n) is 17.4. The molecular formula is C22H30N4O2S2. The lowest BCUT2D eigenvalue weighted by Gasteiger charge is -2.15. The zero-order chi connectivity index (χ0) is 21.2. The normalized spacial score (nSPS) is 15.3. The molecule has 1 saturated heterocycles. The number of nitrogens with zero attached hydrogens (tertiary/aromatic N) is 2. The van der Waals surface area contributed by atoms with Crippen molar-refractivity contribution in [2.45, 2.75) is 36.1 Å². The fraction of sp³-hybridized carbons (Fsp3) is 0.409. The first-order valence-corrected chi connectivity index (χ1v) is 12.8. The Morgan fingerprint density at radius 2 is 1.73 bits per heavy atom. The second-order valence-corrected chi connectivity index (χ2v) is 10.1. The van der Waals surface area contributed by atoms with Crippen molar-refractivity contribution in [1.82, 2.24) is 14.9 Å². The molecule has 0 bridgehead atoms. The third kappa shape index (κ3) is 6.48. The number of hydrogen-bond acceptors (Lipinski definition) is 4. The molecule has 30 heavy (non-hydrogen) atoms. The van der Waals surface area contributed by atoms with Crippen molar-refractivity contribution >= 4 is 27.7 Å². The second-order valence-electron chi connectivity index (χ2n) is 7.04. The first kappa shape index (κ1) is 22.7. The van der Waals surface area contributed by atoms with E-state index in [0.29, 0.717) is 24.5 Å². The molecule has 1 aliphatic rings. The van der Waals surface area contributed by atoms with E-state index in [2.05, 4.69) is 27.8 Å². The highest BCUT2D eigenvalue weighted by molar-refractivity contribution is 7.99. The Morgan fingerprint density at radius 3 is 2.40 bits per heavy atom. The number of hydrogen-bond donors (Lipinski definition) is 2. The number of sulfonamides is 1. The Labute approximate surface area is 184 Å². The lowest BCUT2D eigenvalue weighted by molar-refractivity contribution is 0.477. The summed E-state index contributed by atoms with van der Waals surface area (Å²) in [4.78, 5) is 6.24. The van der Waals surface area contributed by atoms with Crippen molar-refractivity contribution < 1.29 is 8.42 Å². The summed E-state index contributed by atoms with van der Waals surface area (Å²) in [5.41, 5.74) is 0.978. The lowest BCUT2D eigenvalue weighted by atomic mass is 10.2. The molecule has 162 valence electrons. The average molecular weight is 447 g/mol. The molecule has 0 radical (unpaired) electrons. The molecule has 0 aliphatic carbocycles. The molecule has 0 spiro atoms. The highest BCUT2D eigenvalue weighted by Crippen LogP contribution is 2.21. The van der Waals surface area contributed by atoms with Crippen LogP contribution in [0.3, 0.4) is 0 Å². The number of thioether (sulfide) groups is 1. The quantitative estimate of drug-likeness (QED) is 0.268. The van der Waals surface area contributed by atoms with E-state index in [9.17, 15) is 8.42 Å². The van der Waals surface area contributed by atoms with Crippen LogP contribution in [-0.2, 0) is 16.6 Å². The topological polar surface area (TPSA) is 73.8 Å². The fourth-order valence-electron chi connectivity index (χ4n) is 3.21. The minimum Gasteiger partial charge on any atom is -0.357 e. The van der Waals surface area contributed by atoms with Gasteiger partial charge in [-0.3, -0.25) is 0 Å². The van der Waals surface area contributed by atoms with Crippen LogP contribution < -0.4 is 10.6 Å². The second kappa shape index (κ2) is 11.4. The van der Waals surface area contributed by atoms with Gasteiger partial charge in [-0.2, -0.15) is 4.31 Å². The van der Waals surface area contributed by atoms with Crippen molar-refractivity contribution in [2.75, 3.05) is 31.9 Å². The molecule has 0 unspecified atom stereocenters. The number of benzene rings is 2. The van der Waals surface area contributed by atoms with E-state index in [4.69, 9.17) is 0 Å². The Hall–Kier alpha value is -2.03. The molecule has 3 rings (SSSR count). The summed E-state index contributed by atoms with van der Waals surface area (Å²) in [6.45, 7) is 5.35. The first-order chi connectivity index (χ1) is 14.6. The van der Waals surface area contributed by atoms with Crippen molar-refractivity contribution in [3.05, 3.63) is 60.2 Å². The summed E-state index contributed by atoms with van der Waals surface area (Å²) in [6.07, 6.45) is 1.88. The van der Waals surface area contributed by atoms with Gasteiger partial charge < -0.3 is 10.6 Å². The van der Waals surface area contributed by atoms with Crippen LogP contribution in [0.5, 0.6) is 0 Å². The molecule has 6 nitrogen and oxygen atoms in total. The number of rotatable bonds is 9. The molecule has 8 heteroatoms. The molecule has 1 heterocycles. The van der Waals surface area contributed by atoms with Gasteiger partial charge in [0.15, 0.2) is 5.96 Å². The number of nitrogens with one attached hydrogen (secondary N) is 2. The van der Waals surface area contributed by atoms with E-state index in [-0.39, 0.29) is 0 Å². The van der Waals surface area contributed by atoms with Gasteiger partial charge in [0.25, 0.3) is 0 Å². The Balaban J connectivity index is 1.52. The maximum atomic E-state index is 12.6. The molecule has 0 amide bonds. The summed E-state index contributed by atoms with van der Waals surface area (Å²) >= 11 is 1.80. The molecule has 0 atom stereocenters. The maximum absolute atomic E-state index is 12.6. The van der Waals surface area contributed by atoms with E-state index < -0.39 is 10.0 Å². The molecule has 0 aromatic heterocycles. The average Bonchev–Trinajstić information content (AvgIpc) is 3.32. The monoisotopic (exact) mass is 446 g/mol. The highest BCUT2D eigenvalue weighted by Gasteiger charge is 2.26. The summed E-state index contributed by atoms with van der Waals surface area (Å²) in [7, 11) is -3.36. The molecule has 2 aromatic rings. The summed E-state index contributed by atoms with van der Waals surface area (Å²) in [6, 6.07) is 17.4. The minimum atomic E-state index is -3.36.